The van der Waals surface area contributed by atoms with E-state index in [0.717, 1.165) is 17.4 Å². The van der Waals surface area contributed by atoms with E-state index in [2.05, 4.69) is 43.5 Å². The molecule has 0 unspecified atom stereocenters. The van der Waals surface area contributed by atoms with Crippen LogP contribution in [0.1, 0.15) is 13.3 Å². The molecule has 0 atom stereocenters. The first kappa shape index (κ1) is 13.7. The molecular weight excluding hydrogens is 311 g/mol. The molecule has 0 saturated heterocycles. The summed E-state index contributed by atoms with van der Waals surface area (Å²) in [6, 6.07) is 6.40. The molecule has 1 heterocycles. The van der Waals surface area contributed by atoms with Crippen LogP contribution in [0, 0.1) is 5.82 Å². The Morgan fingerprint density at radius 2 is 2.16 bits per heavy atom. The number of anilines is 3. The third kappa shape index (κ3) is 3.89. The van der Waals surface area contributed by atoms with Crippen LogP contribution in [0.15, 0.2) is 34.9 Å². The lowest BCUT2D eigenvalue weighted by molar-refractivity contribution is 0.631. The second-order valence-corrected chi connectivity index (χ2v) is 4.86. The van der Waals surface area contributed by atoms with Gasteiger partial charge in [0, 0.05) is 17.2 Å². The summed E-state index contributed by atoms with van der Waals surface area (Å²) in [7, 11) is 0. The third-order valence-electron chi connectivity index (χ3n) is 2.38. The van der Waals surface area contributed by atoms with Gasteiger partial charge in [-0.25, -0.2) is 9.37 Å². The largest absolute Gasteiger partial charge is 0.354 e. The Balaban J connectivity index is 2.16. The van der Waals surface area contributed by atoms with Gasteiger partial charge in [-0.05, 0) is 30.7 Å². The molecule has 0 aliphatic rings. The van der Waals surface area contributed by atoms with Gasteiger partial charge in [-0.3, -0.25) is 0 Å². The highest BCUT2D eigenvalue weighted by Crippen LogP contribution is 2.23. The summed E-state index contributed by atoms with van der Waals surface area (Å²) in [5.41, 5.74) is 0.370. The zero-order chi connectivity index (χ0) is 13.7. The van der Waals surface area contributed by atoms with Crippen molar-refractivity contribution in [2.24, 2.45) is 0 Å². The molecule has 6 heteroatoms. The van der Waals surface area contributed by atoms with Gasteiger partial charge in [-0.15, -0.1) is 0 Å². The van der Waals surface area contributed by atoms with Gasteiger partial charge in [0.1, 0.15) is 11.6 Å². The van der Waals surface area contributed by atoms with Gasteiger partial charge in [-0.1, -0.05) is 22.9 Å². The number of hydrogen-bond donors (Lipinski definition) is 2. The number of halogens is 2. The molecule has 19 heavy (non-hydrogen) atoms. The van der Waals surface area contributed by atoms with E-state index in [1.54, 1.807) is 24.4 Å². The monoisotopic (exact) mass is 324 g/mol. The van der Waals surface area contributed by atoms with Gasteiger partial charge in [0.2, 0.25) is 5.95 Å². The number of hydrogen-bond acceptors (Lipinski definition) is 4. The lowest BCUT2D eigenvalue weighted by atomic mass is 10.3. The Bertz CT molecular complexity index is 562. The second-order valence-electron chi connectivity index (χ2n) is 3.94. The maximum Gasteiger partial charge on any atom is 0.224 e. The second kappa shape index (κ2) is 6.47. The molecule has 0 amide bonds. The average molecular weight is 325 g/mol. The SMILES string of the molecule is CCCNc1nccc(Nc2cc(Br)ccc2F)n1. The predicted octanol–water partition coefficient (Wildman–Crippen LogP) is 3.94. The molecule has 0 radical (unpaired) electrons. The van der Waals surface area contributed by atoms with Crippen LogP contribution >= 0.6 is 15.9 Å². The average Bonchev–Trinajstić information content (AvgIpc) is 2.41. The topological polar surface area (TPSA) is 49.8 Å². The van der Waals surface area contributed by atoms with Crippen molar-refractivity contribution in [2.75, 3.05) is 17.2 Å². The van der Waals surface area contributed by atoms with Crippen molar-refractivity contribution in [1.29, 1.82) is 0 Å². The van der Waals surface area contributed by atoms with E-state index >= 15 is 0 Å². The van der Waals surface area contributed by atoms with Gasteiger partial charge in [0.05, 0.1) is 5.69 Å². The number of nitrogens with zero attached hydrogens (tertiary/aromatic N) is 2. The van der Waals surface area contributed by atoms with E-state index in [9.17, 15) is 4.39 Å². The lowest BCUT2D eigenvalue weighted by Crippen LogP contribution is -2.05. The number of rotatable bonds is 5. The molecule has 2 aromatic rings. The van der Waals surface area contributed by atoms with Crippen LogP contribution in [-0.4, -0.2) is 16.5 Å². The standard InChI is InChI=1S/C13H14BrFN4/c1-2-6-16-13-17-7-5-12(19-13)18-11-8-9(14)3-4-10(11)15/h3-5,7-8H,2,6H2,1H3,(H2,16,17,18,19). The summed E-state index contributed by atoms with van der Waals surface area (Å²) < 4.78 is 14.4. The highest BCUT2D eigenvalue weighted by atomic mass is 79.9. The summed E-state index contributed by atoms with van der Waals surface area (Å²) in [5.74, 6) is 0.748. The maximum absolute atomic E-state index is 13.6. The van der Waals surface area contributed by atoms with Crippen molar-refractivity contribution in [2.45, 2.75) is 13.3 Å². The maximum atomic E-state index is 13.6. The van der Waals surface area contributed by atoms with Crippen molar-refractivity contribution in [1.82, 2.24) is 9.97 Å². The first-order valence-corrected chi connectivity index (χ1v) is 6.77. The molecule has 4 nitrogen and oxygen atoms in total. The first-order valence-electron chi connectivity index (χ1n) is 5.98. The Kier molecular flexibility index (Phi) is 4.68. The van der Waals surface area contributed by atoms with E-state index in [1.807, 2.05) is 0 Å². The van der Waals surface area contributed by atoms with Crippen molar-refractivity contribution >= 4 is 33.4 Å². The predicted molar refractivity (Wildman–Crippen MR) is 78.2 cm³/mol. The molecule has 0 aliphatic carbocycles. The van der Waals surface area contributed by atoms with E-state index in [1.165, 1.54) is 6.07 Å². The van der Waals surface area contributed by atoms with Gasteiger partial charge in [-0.2, -0.15) is 4.98 Å². The molecule has 2 rings (SSSR count). The summed E-state index contributed by atoms with van der Waals surface area (Å²) in [4.78, 5) is 8.35. The normalized spacial score (nSPS) is 10.3. The summed E-state index contributed by atoms with van der Waals surface area (Å²) in [6.45, 7) is 2.86. The number of benzene rings is 1. The van der Waals surface area contributed by atoms with Crippen molar-refractivity contribution in [3.63, 3.8) is 0 Å². The number of nitrogens with one attached hydrogen (secondary N) is 2. The van der Waals surface area contributed by atoms with Crippen LogP contribution in [0.2, 0.25) is 0 Å². The summed E-state index contributed by atoms with van der Waals surface area (Å²) in [5, 5.41) is 6.01. The molecule has 0 bridgehead atoms. The number of aromatic nitrogens is 2. The Hall–Kier alpha value is -1.69. The first-order chi connectivity index (χ1) is 9.19. The Morgan fingerprint density at radius 1 is 1.32 bits per heavy atom. The van der Waals surface area contributed by atoms with Gasteiger partial charge in [0.15, 0.2) is 0 Å². The third-order valence-corrected chi connectivity index (χ3v) is 2.87. The zero-order valence-electron chi connectivity index (χ0n) is 10.5. The fourth-order valence-corrected chi connectivity index (χ4v) is 1.84. The van der Waals surface area contributed by atoms with Crippen LogP contribution in [0.3, 0.4) is 0 Å². The fraction of sp³-hybridized carbons (Fsp3) is 0.231. The quantitative estimate of drug-likeness (QED) is 0.874. The van der Waals surface area contributed by atoms with Gasteiger partial charge < -0.3 is 10.6 Å². The molecular formula is C13H14BrFN4. The van der Waals surface area contributed by atoms with E-state index < -0.39 is 0 Å². The van der Waals surface area contributed by atoms with E-state index in [-0.39, 0.29) is 5.82 Å². The smallest absolute Gasteiger partial charge is 0.224 e. The summed E-state index contributed by atoms with van der Waals surface area (Å²) >= 11 is 3.31. The van der Waals surface area contributed by atoms with E-state index in [4.69, 9.17) is 0 Å². The van der Waals surface area contributed by atoms with Crippen LogP contribution in [0.5, 0.6) is 0 Å². The minimum Gasteiger partial charge on any atom is -0.354 e. The van der Waals surface area contributed by atoms with Crippen LogP contribution in [-0.2, 0) is 0 Å². The van der Waals surface area contributed by atoms with Crippen LogP contribution in [0.4, 0.5) is 21.8 Å². The molecule has 0 aliphatic heterocycles. The van der Waals surface area contributed by atoms with Crippen molar-refractivity contribution in [3.8, 4) is 0 Å². The van der Waals surface area contributed by atoms with E-state index in [0.29, 0.717) is 17.5 Å². The Morgan fingerprint density at radius 3 is 2.95 bits per heavy atom. The van der Waals surface area contributed by atoms with Crippen molar-refractivity contribution < 1.29 is 4.39 Å². The highest BCUT2D eigenvalue weighted by Gasteiger charge is 2.05. The van der Waals surface area contributed by atoms with Crippen molar-refractivity contribution in [3.05, 3.63) is 40.8 Å². The minimum atomic E-state index is -0.329. The molecule has 0 saturated carbocycles. The van der Waals surface area contributed by atoms with Crippen LogP contribution in [0.25, 0.3) is 0 Å². The minimum absolute atomic E-state index is 0.329. The van der Waals surface area contributed by atoms with Gasteiger partial charge in [0.25, 0.3) is 0 Å². The zero-order valence-corrected chi connectivity index (χ0v) is 12.0. The molecule has 100 valence electrons. The molecule has 1 aromatic carbocycles. The fourth-order valence-electron chi connectivity index (χ4n) is 1.48. The molecule has 0 fully saturated rings. The van der Waals surface area contributed by atoms with Gasteiger partial charge >= 0.3 is 0 Å². The molecule has 2 N–H and O–H groups in total. The summed E-state index contributed by atoms with van der Waals surface area (Å²) in [6.07, 6.45) is 2.62. The highest BCUT2D eigenvalue weighted by molar-refractivity contribution is 9.10. The van der Waals surface area contributed by atoms with Crippen LogP contribution < -0.4 is 10.6 Å². The Labute approximate surface area is 119 Å². The molecule has 1 aromatic heterocycles. The lowest BCUT2D eigenvalue weighted by Gasteiger charge is -2.09. The molecule has 0 spiro atoms.